The van der Waals surface area contributed by atoms with Crippen molar-refractivity contribution in [3.05, 3.63) is 70.8 Å². The molecule has 2 amide bonds. The number of rotatable bonds is 5. The summed E-state index contributed by atoms with van der Waals surface area (Å²) in [5, 5.41) is 6.54. The van der Waals surface area contributed by atoms with Crippen molar-refractivity contribution >= 4 is 35.2 Å². The van der Waals surface area contributed by atoms with Crippen molar-refractivity contribution in [1.29, 1.82) is 0 Å². The van der Waals surface area contributed by atoms with E-state index in [4.69, 9.17) is 11.6 Å². The maximum Gasteiger partial charge on any atom is 0.253 e. The number of anilines is 1. The van der Waals surface area contributed by atoms with Crippen LogP contribution < -0.4 is 10.6 Å². The SMILES string of the molecule is O=C(/C=C/c1ccc(Cl)cc1)Nc1ccccc1C(=O)NC1CCCCC1. The minimum Gasteiger partial charge on any atom is -0.349 e. The molecule has 140 valence electrons. The van der Waals surface area contributed by atoms with Crippen molar-refractivity contribution in [2.45, 2.75) is 38.1 Å². The highest BCUT2D eigenvalue weighted by molar-refractivity contribution is 6.30. The van der Waals surface area contributed by atoms with E-state index in [0.29, 0.717) is 16.3 Å². The highest BCUT2D eigenvalue weighted by Crippen LogP contribution is 2.20. The molecule has 2 aromatic carbocycles. The Kier molecular flexibility index (Phi) is 6.66. The quantitative estimate of drug-likeness (QED) is 0.710. The van der Waals surface area contributed by atoms with Crippen LogP contribution in [0.1, 0.15) is 48.0 Å². The van der Waals surface area contributed by atoms with Crippen LogP contribution in [0.3, 0.4) is 0 Å². The van der Waals surface area contributed by atoms with Gasteiger partial charge >= 0.3 is 0 Å². The molecule has 0 unspecified atom stereocenters. The molecule has 4 nitrogen and oxygen atoms in total. The van der Waals surface area contributed by atoms with Gasteiger partial charge in [0.25, 0.3) is 5.91 Å². The molecular weight excluding hydrogens is 360 g/mol. The number of hydrogen-bond acceptors (Lipinski definition) is 2. The van der Waals surface area contributed by atoms with Crippen LogP contribution in [-0.4, -0.2) is 17.9 Å². The van der Waals surface area contributed by atoms with Gasteiger partial charge in [0.1, 0.15) is 0 Å². The zero-order valence-electron chi connectivity index (χ0n) is 15.1. The Morgan fingerprint density at radius 1 is 0.963 bits per heavy atom. The van der Waals surface area contributed by atoms with E-state index in [-0.39, 0.29) is 17.9 Å². The molecule has 0 saturated heterocycles. The van der Waals surface area contributed by atoms with Gasteiger partial charge in [-0.2, -0.15) is 0 Å². The third-order valence-corrected chi connectivity index (χ3v) is 4.92. The molecule has 0 aliphatic heterocycles. The number of amides is 2. The fourth-order valence-corrected chi connectivity index (χ4v) is 3.35. The summed E-state index contributed by atoms with van der Waals surface area (Å²) in [5.41, 5.74) is 1.87. The van der Waals surface area contributed by atoms with Gasteiger partial charge in [0.15, 0.2) is 0 Å². The highest BCUT2D eigenvalue weighted by Gasteiger charge is 2.18. The van der Waals surface area contributed by atoms with Gasteiger partial charge in [-0.25, -0.2) is 0 Å². The van der Waals surface area contributed by atoms with Crippen LogP contribution in [0.2, 0.25) is 5.02 Å². The minimum absolute atomic E-state index is 0.139. The second kappa shape index (κ2) is 9.38. The number of carbonyl (C=O) groups is 2. The third kappa shape index (κ3) is 5.69. The average molecular weight is 383 g/mol. The molecule has 1 aliphatic carbocycles. The summed E-state index contributed by atoms with van der Waals surface area (Å²) in [6.45, 7) is 0. The molecule has 0 bridgehead atoms. The fourth-order valence-electron chi connectivity index (χ4n) is 3.22. The summed E-state index contributed by atoms with van der Waals surface area (Å²) < 4.78 is 0. The van der Waals surface area contributed by atoms with E-state index < -0.39 is 0 Å². The normalized spacial score (nSPS) is 14.9. The monoisotopic (exact) mass is 382 g/mol. The van der Waals surface area contributed by atoms with E-state index >= 15 is 0 Å². The Labute approximate surface area is 164 Å². The summed E-state index contributed by atoms with van der Waals surface area (Å²) in [4.78, 5) is 24.9. The smallest absolute Gasteiger partial charge is 0.253 e. The van der Waals surface area contributed by atoms with E-state index in [9.17, 15) is 9.59 Å². The first kappa shape index (κ1) is 19.2. The zero-order valence-corrected chi connectivity index (χ0v) is 15.8. The number of nitrogens with one attached hydrogen (secondary N) is 2. The van der Waals surface area contributed by atoms with Crippen molar-refractivity contribution in [3.63, 3.8) is 0 Å². The topological polar surface area (TPSA) is 58.2 Å². The Morgan fingerprint density at radius 2 is 1.67 bits per heavy atom. The second-order valence-electron chi connectivity index (χ2n) is 6.73. The number of benzene rings is 2. The molecule has 3 rings (SSSR count). The standard InChI is InChI=1S/C22H23ClN2O2/c23-17-13-10-16(11-14-17)12-15-21(26)25-20-9-5-4-8-19(20)22(27)24-18-6-2-1-3-7-18/h4-5,8-15,18H,1-3,6-7H2,(H,24,27)(H,25,26)/b15-12+. The molecule has 1 saturated carbocycles. The Hall–Kier alpha value is -2.59. The van der Waals surface area contributed by atoms with Gasteiger partial charge in [-0.05, 0) is 48.7 Å². The molecular formula is C22H23ClN2O2. The van der Waals surface area contributed by atoms with Crippen molar-refractivity contribution in [2.75, 3.05) is 5.32 Å². The highest BCUT2D eigenvalue weighted by atomic mass is 35.5. The Morgan fingerprint density at radius 3 is 2.41 bits per heavy atom. The van der Waals surface area contributed by atoms with E-state index in [2.05, 4.69) is 10.6 Å². The molecule has 2 aromatic rings. The summed E-state index contributed by atoms with van der Waals surface area (Å²) in [6.07, 6.45) is 8.72. The lowest BCUT2D eigenvalue weighted by Crippen LogP contribution is -2.36. The molecule has 27 heavy (non-hydrogen) atoms. The summed E-state index contributed by atoms with van der Waals surface area (Å²) in [7, 11) is 0. The predicted molar refractivity (Wildman–Crippen MR) is 110 cm³/mol. The molecule has 0 radical (unpaired) electrons. The summed E-state index contributed by atoms with van der Waals surface area (Å²) in [5.74, 6) is -0.428. The number of para-hydroxylation sites is 1. The van der Waals surface area contributed by atoms with Gasteiger partial charge in [-0.15, -0.1) is 0 Å². The zero-order chi connectivity index (χ0) is 19.1. The van der Waals surface area contributed by atoms with Crippen molar-refractivity contribution in [1.82, 2.24) is 5.32 Å². The molecule has 1 fully saturated rings. The first-order valence-electron chi connectivity index (χ1n) is 9.26. The van der Waals surface area contributed by atoms with E-state index in [1.807, 2.05) is 12.1 Å². The molecule has 0 spiro atoms. The fraction of sp³-hybridized carbons (Fsp3) is 0.273. The Balaban J connectivity index is 1.65. The van der Waals surface area contributed by atoms with Gasteiger partial charge in [-0.3, -0.25) is 9.59 Å². The van der Waals surface area contributed by atoms with Crippen LogP contribution >= 0.6 is 11.6 Å². The number of carbonyl (C=O) groups excluding carboxylic acids is 2. The van der Waals surface area contributed by atoms with Crippen LogP contribution in [0.5, 0.6) is 0 Å². The molecule has 0 atom stereocenters. The molecule has 0 aromatic heterocycles. The van der Waals surface area contributed by atoms with Gasteiger partial charge in [0.2, 0.25) is 5.91 Å². The van der Waals surface area contributed by atoms with Crippen LogP contribution in [-0.2, 0) is 4.79 Å². The van der Waals surface area contributed by atoms with Crippen LogP contribution in [0.25, 0.3) is 6.08 Å². The lowest BCUT2D eigenvalue weighted by molar-refractivity contribution is -0.111. The lowest BCUT2D eigenvalue weighted by atomic mass is 9.95. The largest absolute Gasteiger partial charge is 0.349 e. The maximum absolute atomic E-state index is 12.6. The molecule has 0 heterocycles. The van der Waals surface area contributed by atoms with Crippen LogP contribution in [0, 0.1) is 0 Å². The van der Waals surface area contributed by atoms with E-state index in [0.717, 1.165) is 31.2 Å². The second-order valence-corrected chi connectivity index (χ2v) is 7.16. The average Bonchev–Trinajstić information content (AvgIpc) is 2.69. The first-order valence-corrected chi connectivity index (χ1v) is 9.64. The van der Waals surface area contributed by atoms with Crippen molar-refractivity contribution < 1.29 is 9.59 Å². The Bertz CT molecular complexity index is 824. The van der Waals surface area contributed by atoms with Gasteiger partial charge in [0.05, 0.1) is 11.3 Å². The summed E-state index contributed by atoms with van der Waals surface area (Å²) >= 11 is 5.86. The van der Waals surface area contributed by atoms with E-state index in [1.54, 1.807) is 42.5 Å². The van der Waals surface area contributed by atoms with Gasteiger partial charge in [0, 0.05) is 17.1 Å². The minimum atomic E-state index is -0.289. The van der Waals surface area contributed by atoms with Crippen molar-refractivity contribution in [2.24, 2.45) is 0 Å². The molecule has 5 heteroatoms. The maximum atomic E-state index is 12.6. The lowest BCUT2D eigenvalue weighted by Gasteiger charge is -2.23. The molecule has 2 N–H and O–H groups in total. The number of hydrogen-bond donors (Lipinski definition) is 2. The van der Waals surface area contributed by atoms with Crippen LogP contribution in [0.15, 0.2) is 54.6 Å². The molecule has 1 aliphatic rings. The van der Waals surface area contributed by atoms with Gasteiger partial charge < -0.3 is 10.6 Å². The van der Waals surface area contributed by atoms with Crippen molar-refractivity contribution in [3.8, 4) is 0 Å². The van der Waals surface area contributed by atoms with Gasteiger partial charge in [-0.1, -0.05) is 55.1 Å². The van der Waals surface area contributed by atoms with E-state index in [1.165, 1.54) is 12.5 Å². The van der Waals surface area contributed by atoms with Crippen LogP contribution in [0.4, 0.5) is 5.69 Å². The number of halogens is 1. The third-order valence-electron chi connectivity index (χ3n) is 4.67. The summed E-state index contributed by atoms with van der Waals surface area (Å²) in [6, 6.07) is 14.5. The predicted octanol–water partition coefficient (Wildman–Crippen LogP) is 5.05. The first-order chi connectivity index (χ1) is 13.1.